The van der Waals surface area contributed by atoms with Crippen molar-refractivity contribution in [1.29, 1.82) is 0 Å². The van der Waals surface area contributed by atoms with Gasteiger partial charge in [-0.25, -0.2) is 13.1 Å². The van der Waals surface area contributed by atoms with Gasteiger partial charge in [-0.2, -0.15) is 0 Å². The van der Waals surface area contributed by atoms with Crippen molar-refractivity contribution in [2.75, 3.05) is 26.2 Å². The molecule has 20 heavy (non-hydrogen) atoms. The highest BCUT2D eigenvalue weighted by atomic mass is 32.2. The average Bonchev–Trinajstić information content (AvgIpc) is 2.92. The molecule has 0 unspecified atom stereocenters. The second-order valence-corrected chi connectivity index (χ2v) is 7.20. The van der Waals surface area contributed by atoms with Gasteiger partial charge in [-0.3, -0.25) is 0 Å². The standard InChI is InChI=1S/C15H24N2O2S/c18-20(19,14-15-8-2-1-3-9-15)16-10-4-5-11-17-12-6-7-13-17/h1-3,8-9,16H,4-7,10-14H2. The molecule has 1 aliphatic rings. The molecule has 1 aromatic carbocycles. The number of likely N-dealkylation sites (tertiary alicyclic amines) is 1. The summed E-state index contributed by atoms with van der Waals surface area (Å²) in [4.78, 5) is 2.46. The minimum atomic E-state index is -3.20. The third-order valence-corrected chi connectivity index (χ3v) is 4.98. The monoisotopic (exact) mass is 296 g/mol. The lowest BCUT2D eigenvalue weighted by atomic mass is 10.2. The van der Waals surface area contributed by atoms with Crippen molar-refractivity contribution in [3.05, 3.63) is 35.9 Å². The van der Waals surface area contributed by atoms with Crippen molar-refractivity contribution >= 4 is 10.0 Å². The second kappa shape index (κ2) is 7.76. The van der Waals surface area contributed by atoms with E-state index >= 15 is 0 Å². The molecule has 0 aromatic heterocycles. The maximum atomic E-state index is 11.9. The molecule has 1 aliphatic heterocycles. The van der Waals surface area contributed by atoms with Gasteiger partial charge in [0.25, 0.3) is 0 Å². The zero-order valence-corrected chi connectivity index (χ0v) is 12.7. The van der Waals surface area contributed by atoms with Crippen molar-refractivity contribution in [1.82, 2.24) is 9.62 Å². The lowest BCUT2D eigenvalue weighted by Gasteiger charge is -2.14. The summed E-state index contributed by atoms with van der Waals surface area (Å²) in [6.07, 6.45) is 4.59. The molecule has 1 N–H and O–H groups in total. The van der Waals surface area contributed by atoms with Crippen LogP contribution in [0.1, 0.15) is 31.2 Å². The maximum Gasteiger partial charge on any atom is 0.215 e. The summed E-state index contributed by atoms with van der Waals surface area (Å²) in [7, 11) is -3.20. The molecule has 4 nitrogen and oxygen atoms in total. The topological polar surface area (TPSA) is 49.4 Å². The fraction of sp³-hybridized carbons (Fsp3) is 0.600. The van der Waals surface area contributed by atoms with Crippen LogP contribution < -0.4 is 4.72 Å². The Kier molecular flexibility index (Phi) is 6.01. The minimum Gasteiger partial charge on any atom is -0.303 e. The first-order valence-electron chi connectivity index (χ1n) is 7.39. The molecule has 0 radical (unpaired) electrons. The van der Waals surface area contributed by atoms with E-state index in [1.165, 1.54) is 25.9 Å². The van der Waals surface area contributed by atoms with Crippen LogP contribution in [0.4, 0.5) is 0 Å². The van der Waals surface area contributed by atoms with E-state index in [1.54, 1.807) is 0 Å². The molecule has 1 fully saturated rings. The van der Waals surface area contributed by atoms with E-state index in [-0.39, 0.29) is 5.75 Å². The third-order valence-electron chi connectivity index (χ3n) is 3.62. The first-order valence-corrected chi connectivity index (χ1v) is 9.04. The third kappa shape index (κ3) is 5.61. The number of nitrogens with zero attached hydrogens (tertiary/aromatic N) is 1. The van der Waals surface area contributed by atoms with Crippen molar-refractivity contribution in [3.63, 3.8) is 0 Å². The molecule has 1 saturated heterocycles. The van der Waals surface area contributed by atoms with Crippen molar-refractivity contribution in [2.24, 2.45) is 0 Å². The van der Waals surface area contributed by atoms with Crippen LogP contribution in [0.2, 0.25) is 0 Å². The molecule has 0 spiro atoms. The second-order valence-electron chi connectivity index (χ2n) is 5.39. The molecule has 0 amide bonds. The van der Waals surface area contributed by atoms with Crippen LogP contribution in [0.25, 0.3) is 0 Å². The molecule has 1 aromatic rings. The van der Waals surface area contributed by atoms with Crippen LogP contribution >= 0.6 is 0 Å². The predicted molar refractivity (Wildman–Crippen MR) is 82.0 cm³/mol. The van der Waals surface area contributed by atoms with E-state index in [2.05, 4.69) is 9.62 Å². The molecular weight excluding hydrogens is 272 g/mol. The van der Waals surface area contributed by atoms with Gasteiger partial charge < -0.3 is 4.90 Å². The van der Waals surface area contributed by atoms with E-state index in [9.17, 15) is 8.42 Å². The Morgan fingerprint density at radius 2 is 1.75 bits per heavy atom. The van der Waals surface area contributed by atoms with E-state index < -0.39 is 10.0 Å². The first-order chi connectivity index (χ1) is 9.66. The zero-order valence-electron chi connectivity index (χ0n) is 11.9. The Morgan fingerprint density at radius 1 is 1.05 bits per heavy atom. The van der Waals surface area contributed by atoms with Gasteiger partial charge in [0.05, 0.1) is 5.75 Å². The number of sulfonamides is 1. The Morgan fingerprint density at radius 3 is 2.45 bits per heavy atom. The summed E-state index contributed by atoms with van der Waals surface area (Å²) in [5.41, 5.74) is 0.831. The van der Waals surface area contributed by atoms with Gasteiger partial charge in [0.15, 0.2) is 0 Å². The summed E-state index contributed by atoms with van der Waals surface area (Å²) in [5.74, 6) is 0.0694. The number of hydrogen-bond acceptors (Lipinski definition) is 3. The number of benzene rings is 1. The number of unbranched alkanes of at least 4 members (excludes halogenated alkanes) is 1. The van der Waals surface area contributed by atoms with Crippen LogP contribution in [0.3, 0.4) is 0 Å². The SMILES string of the molecule is O=S(=O)(Cc1ccccc1)NCCCCN1CCCC1. The maximum absolute atomic E-state index is 11.9. The zero-order chi connectivity index (χ0) is 14.3. The largest absolute Gasteiger partial charge is 0.303 e. The summed E-state index contributed by atoms with van der Waals surface area (Å²) >= 11 is 0. The Bertz CT molecular complexity index is 482. The number of rotatable bonds is 8. The highest BCUT2D eigenvalue weighted by Crippen LogP contribution is 2.08. The Balaban J connectivity index is 1.62. The number of hydrogen-bond donors (Lipinski definition) is 1. The summed E-state index contributed by atoms with van der Waals surface area (Å²) in [6.45, 7) is 4.06. The van der Waals surface area contributed by atoms with Gasteiger partial charge in [-0.15, -0.1) is 0 Å². The van der Waals surface area contributed by atoms with Crippen LogP contribution in [0.5, 0.6) is 0 Å². The van der Waals surface area contributed by atoms with Gasteiger partial charge in [-0.1, -0.05) is 30.3 Å². The molecule has 5 heteroatoms. The van der Waals surface area contributed by atoms with Gasteiger partial charge >= 0.3 is 0 Å². The van der Waals surface area contributed by atoms with E-state index in [0.29, 0.717) is 6.54 Å². The molecule has 0 atom stereocenters. The quantitative estimate of drug-likeness (QED) is 0.746. The van der Waals surface area contributed by atoms with E-state index in [1.807, 2.05) is 30.3 Å². The van der Waals surface area contributed by atoms with Crippen molar-refractivity contribution < 1.29 is 8.42 Å². The van der Waals surface area contributed by atoms with E-state index in [0.717, 1.165) is 24.9 Å². The smallest absolute Gasteiger partial charge is 0.215 e. The van der Waals surface area contributed by atoms with Crippen molar-refractivity contribution in [2.45, 2.75) is 31.4 Å². The molecule has 112 valence electrons. The molecule has 0 aliphatic carbocycles. The summed E-state index contributed by atoms with van der Waals surface area (Å²) < 4.78 is 26.5. The fourth-order valence-corrected chi connectivity index (χ4v) is 3.73. The van der Waals surface area contributed by atoms with Crippen LogP contribution in [-0.2, 0) is 15.8 Å². The highest BCUT2D eigenvalue weighted by molar-refractivity contribution is 7.88. The van der Waals surface area contributed by atoms with Crippen LogP contribution in [0, 0.1) is 0 Å². The van der Waals surface area contributed by atoms with Crippen LogP contribution in [0.15, 0.2) is 30.3 Å². The molecule has 2 rings (SSSR count). The normalized spacial score (nSPS) is 16.6. The Hall–Kier alpha value is -0.910. The van der Waals surface area contributed by atoms with E-state index in [4.69, 9.17) is 0 Å². The van der Waals surface area contributed by atoms with Gasteiger partial charge in [-0.05, 0) is 50.9 Å². The van der Waals surface area contributed by atoms with Gasteiger partial charge in [0.2, 0.25) is 10.0 Å². The average molecular weight is 296 g/mol. The Labute approximate surface area is 122 Å². The highest BCUT2D eigenvalue weighted by Gasteiger charge is 2.12. The van der Waals surface area contributed by atoms with Gasteiger partial charge in [0, 0.05) is 6.54 Å². The lowest BCUT2D eigenvalue weighted by Crippen LogP contribution is -2.27. The molecule has 1 heterocycles. The van der Waals surface area contributed by atoms with Crippen LogP contribution in [-0.4, -0.2) is 39.5 Å². The molecule has 0 saturated carbocycles. The molecular formula is C15H24N2O2S. The molecule has 0 bridgehead atoms. The predicted octanol–water partition coefficient (Wildman–Crippen LogP) is 1.98. The number of nitrogens with one attached hydrogen (secondary N) is 1. The summed E-state index contributed by atoms with van der Waals surface area (Å²) in [6, 6.07) is 9.29. The minimum absolute atomic E-state index is 0.0694. The summed E-state index contributed by atoms with van der Waals surface area (Å²) in [5, 5.41) is 0. The first kappa shape index (κ1) is 15.5. The fourth-order valence-electron chi connectivity index (χ4n) is 2.54. The van der Waals surface area contributed by atoms with Gasteiger partial charge in [0.1, 0.15) is 0 Å². The lowest BCUT2D eigenvalue weighted by molar-refractivity contribution is 0.330. The van der Waals surface area contributed by atoms with Crippen molar-refractivity contribution in [3.8, 4) is 0 Å².